The third-order valence-electron chi connectivity index (χ3n) is 4.47. The van der Waals surface area contributed by atoms with Crippen LogP contribution in [0, 0.1) is 0 Å². The zero-order valence-corrected chi connectivity index (χ0v) is 18.1. The molecule has 0 amide bonds. The Kier molecular flexibility index (Phi) is 11.9. The molecule has 0 aliphatic carbocycles. The van der Waals surface area contributed by atoms with Crippen LogP contribution in [0.4, 0.5) is 0 Å². The van der Waals surface area contributed by atoms with Gasteiger partial charge in [0.05, 0.1) is 0 Å². The summed E-state index contributed by atoms with van der Waals surface area (Å²) in [6.07, 6.45) is 10.9. The standard InChI is InChI=1S/C21H28O2.K.H/c22-21(23)17-8-6-4-2-1-3-5-7-12-18-14-11-15-19-13-9-10-16-20(18)19;;/h9-11,13-16H,1-8,12,17H2,(H,22,23);;/q;+1;-1. The van der Waals surface area contributed by atoms with Crippen LogP contribution in [0.1, 0.15) is 64.8 Å². The molecular weight excluding hydrogens is 323 g/mol. The second-order valence-corrected chi connectivity index (χ2v) is 6.36. The number of unbranched alkanes of at least 4 members (excludes halogenated alkanes) is 7. The molecule has 0 radical (unpaired) electrons. The van der Waals surface area contributed by atoms with Gasteiger partial charge in [0.15, 0.2) is 0 Å². The predicted molar refractivity (Wildman–Crippen MR) is 98.0 cm³/mol. The molecule has 24 heavy (non-hydrogen) atoms. The normalized spacial score (nSPS) is 10.5. The molecule has 0 bridgehead atoms. The van der Waals surface area contributed by atoms with Crippen molar-refractivity contribution in [3.63, 3.8) is 0 Å². The van der Waals surface area contributed by atoms with Gasteiger partial charge in [-0.1, -0.05) is 81.0 Å². The third kappa shape index (κ3) is 8.26. The molecule has 0 saturated carbocycles. The van der Waals surface area contributed by atoms with Crippen molar-refractivity contribution in [1.29, 1.82) is 0 Å². The minimum atomic E-state index is -0.668. The summed E-state index contributed by atoms with van der Waals surface area (Å²) in [5.74, 6) is -0.668. The van der Waals surface area contributed by atoms with Crippen molar-refractivity contribution in [3.05, 3.63) is 48.0 Å². The Labute approximate surface area is 189 Å². The van der Waals surface area contributed by atoms with E-state index >= 15 is 0 Å². The van der Waals surface area contributed by atoms with Gasteiger partial charge >= 0.3 is 57.4 Å². The number of carboxylic acid groups (broad SMARTS) is 1. The van der Waals surface area contributed by atoms with Crippen LogP contribution in [-0.2, 0) is 11.2 Å². The van der Waals surface area contributed by atoms with Crippen molar-refractivity contribution in [3.8, 4) is 0 Å². The number of aryl methyl sites for hydroxylation is 1. The van der Waals surface area contributed by atoms with Crippen LogP contribution in [0.25, 0.3) is 10.8 Å². The fourth-order valence-corrected chi connectivity index (χ4v) is 3.16. The molecule has 0 aromatic heterocycles. The molecule has 0 saturated heterocycles. The maximum Gasteiger partial charge on any atom is 1.00 e. The Bertz CT molecular complexity index is 610. The van der Waals surface area contributed by atoms with Crippen LogP contribution in [0.5, 0.6) is 0 Å². The number of hydrogen-bond donors (Lipinski definition) is 1. The van der Waals surface area contributed by atoms with Gasteiger partial charge in [-0.25, -0.2) is 0 Å². The van der Waals surface area contributed by atoms with Crippen LogP contribution in [0.2, 0.25) is 0 Å². The Morgan fingerprint density at radius 1 is 0.792 bits per heavy atom. The molecule has 2 aromatic carbocycles. The van der Waals surface area contributed by atoms with E-state index in [-0.39, 0.29) is 52.8 Å². The van der Waals surface area contributed by atoms with Crippen LogP contribution in [-0.4, -0.2) is 11.1 Å². The summed E-state index contributed by atoms with van der Waals surface area (Å²) in [5.41, 5.74) is 1.47. The second kappa shape index (κ2) is 13.1. The van der Waals surface area contributed by atoms with Crippen LogP contribution < -0.4 is 51.4 Å². The van der Waals surface area contributed by atoms with Crippen molar-refractivity contribution < 1.29 is 62.7 Å². The van der Waals surface area contributed by atoms with Crippen molar-refractivity contribution in [2.24, 2.45) is 0 Å². The van der Waals surface area contributed by atoms with Gasteiger partial charge < -0.3 is 6.53 Å². The second-order valence-electron chi connectivity index (χ2n) is 6.36. The van der Waals surface area contributed by atoms with Crippen molar-refractivity contribution >= 4 is 16.7 Å². The van der Waals surface area contributed by atoms with E-state index in [0.717, 1.165) is 12.8 Å². The zero-order chi connectivity index (χ0) is 16.3. The Morgan fingerprint density at radius 2 is 1.38 bits per heavy atom. The first-order chi connectivity index (χ1) is 11.3. The number of carbonyl (C=O) groups is 1. The fourth-order valence-electron chi connectivity index (χ4n) is 3.16. The molecule has 0 aliphatic rings. The first-order valence-corrected chi connectivity index (χ1v) is 8.96. The minimum Gasteiger partial charge on any atom is -1.00 e. The van der Waals surface area contributed by atoms with Gasteiger partial charge in [-0.05, 0) is 35.6 Å². The van der Waals surface area contributed by atoms with Crippen molar-refractivity contribution in [2.45, 2.75) is 64.2 Å². The molecule has 2 nitrogen and oxygen atoms in total. The summed E-state index contributed by atoms with van der Waals surface area (Å²) < 4.78 is 0. The average molecular weight is 353 g/mol. The fraction of sp³-hybridized carbons (Fsp3) is 0.476. The molecule has 0 fully saturated rings. The number of aliphatic carboxylic acids is 1. The summed E-state index contributed by atoms with van der Waals surface area (Å²) in [4.78, 5) is 10.4. The minimum absolute atomic E-state index is 0. The van der Waals surface area contributed by atoms with E-state index in [1.807, 2.05) is 0 Å². The number of carboxylic acids is 1. The van der Waals surface area contributed by atoms with Gasteiger partial charge in [0, 0.05) is 6.42 Å². The Morgan fingerprint density at radius 3 is 2.08 bits per heavy atom. The number of hydrogen-bond acceptors (Lipinski definition) is 1. The molecular formula is C21H29KO2. The molecule has 126 valence electrons. The van der Waals surface area contributed by atoms with Gasteiger partial charge in [-0.15, -0.1) is 0 Å². The van der Waals surface area contributed by atoms with Crippen LogP contribution >= 0.6 is 0 Å². The maximum atomic E-state index is 10.4. The van der Waals surface area contributed by atoms with E-state index in [0.29, 0.717) is 6.42 Å². The largest absolute Gasteiger partial charge is 1.00 e. The third-order valence-corrected chi connectivity index (χ3v) is 4.47. The molecule has 0 spiro atoms. The van der Waals surface area contributed by atoms with Gasteiger partial charge in [0.2, 0.25) is 0 Å². The van der Waals surface area contributed by atoms with Gasteiger partial charge in [-0.2, -0.15) is 0 Å². The molecule has 1 N–H and O–H groups in total. The maximum absolute atomic E-state index is 10.4. The average Bonchev–Trinajstić information content (AvgIpc) is 2.56. The van der Waals surface area contributed by atoms with E-state index in [4.69, 9.17) is 5.11 Å². The van der Waals surface area contributed by atoms with Gasteiger partial charge in [0.25, 0.3) is 0 Å². The number of benzene rings is 2. The smallest absolute Gasteiger partial charge is 1.00 e. The van der Waals surface area contributed by atoms with Crippen LogP contribution in [0.15, 0.2) is 42.5 Å². The van der Waals surface area contributed by atoms with Crippen molar-refractivity contribution in [1.82, 2.24) is 0 Å². The summed E-state index contributed by atoms with van der Waals surface area (Å²) in [7, 11) is 0. The Balaban J connectivity index is 0.00000288. The van der Waals surface area contributed by atoms with Gasteiger partial charge in [-0.3, -0.25) is 4.79 Å². The van der Waals surface area contributed by atoms with E-state index in [2.05, 4.69) is 42.5 Å². The first-order valence-electron chi connectivity index (χ1n) is 8.96. The van der Waals surface area contributed by atoms with E-state index in [1.165, 1.54) is 61.3 Å². The molecule has 2 aromatic rings. The number of rotatable bonds is 11. The summed E-state index contributed by atoms with van der Waals surface area (Å²) in [6, 6.07) is 15.2. The SMILES string of the molecule is O=C(O)CCCCCCCCCCc1cccc2ccccc12.[H-].[K+]. The first kappa shape index (κ1) is 21.8. The van der Waals surface area contributed by atoms with Gasteiger partial charge in [0.1, 0.15) is 0 Å². The summed E-state index contributed by atoms with van der Waals surface area (Å²) >= 11 is 0. The zero-order valence-electron chi connectivity index (χ0n) is 16.0. The van der Waals surface area contributed by atoms with Crippen LogP contribution in [0.3, 0.4) is 0 Å². The van der Waals surface area contributed by atoms with Crippen molar-refractivity contribution in [2.75, 3.05) is 0 Å². The monoisotopic (exact) mass is 352 g/mol. The summed E-state index contributed by atoms with van der Waals surface area (Å²) in [5, 5.41) is 11.3. The number of fused-ring (bicyclic) bond motifs is 1. The quantitative estimate of drug-likeness (QED) is 0.498. The topological polar surface area (TPSA) is 37.3 Å². The van der Waals surface area contributed by atoms with E-state index in [9.17, 15) is 4.79 Å². The molecule has 0 aliphatic heterocycles. The summed E-state index contributed by atoms with van der Waals surface area (Å²) in [6.45, 7) is 0. The predicted octanol–water partition coefficient (Wildman–Crippen LogP) is 3.09. The molecule has 0 atom stereocenters. The molecule has 3 heteroatoms. The molecule has 0 heterocycles. The van der Waals surface area contributed by atoms with E-state index in [1.54, 1.807) is 0 Å². The molecule has 0 unspecified atom stereocenters. The van der Waals surface area contributed by atoms with E-state index < -0.39 is 5.97 Å². The Hall–Kier alpha value is -0.194. The molecule has 2 rings (SSSR count).